The number of piperazine rings is 1. The van der Waals surface area contributed by atoms with Gasteiger partial charge in [0.05, 0.1) is 11.2 Å². The van der Waals surface area contributed by atoms with E-state index in [1.165, 1.54) is 22.3 Å². The standard InChI is InChI=1S/C34H41N7/c1-28-11-9-12-29(2)32(28)41-33(35-36-37-41)34(18-21-39(22-19-34)27-31-15-7-4-8-16-31)40-25-23-38(24-26-40)20-10-17-30-13-5-3-6-14-30/h3-17H,18-27H2,1-2H3/b17-10+. The van der Waals surface area contributed by atoms with Crippen LogP contribution in [0.5, 0.6) is 0 Å². The van der Waals surface area contributed by atoms with E-state index in [0.29, 0.717) is 0 Å². The molecule has 2 aliphatic heterocycles. The molecule has 2 saturated heterocycles. The number of benzene rings is 3. The van der Waals surface area contributed by atoms with E-state index in [-0.39, 0.29) is 5.54 Å². The van der Waals surface area contributed by atoms with E-state index in [1.54, 1.807) is 0 Å². The van der Waals surface area contributed by atoms with Gasteiger partial charge in [-0.15, -0.1) is 5.10 Å². The molecule has 0 N–H and O–H groups in total. The molecule has 0 spiro atoms. The molecule has 7 heteroatoms. The maximum absolute atomic E-state index is 4.77. The fourth-order valence-corrected chi connectivity index (χ4v) is 6.63. The molecule has 0 saturated carbocycles. The highest BCUT2D eigenvalue weighted by molar-refractivity contribution is 5.49. The first-order valence-electron chi connectivity index (χ1n) is 14.9. The Morgan fingerprint density at radius 3 is 2.07 bits per heavy atom. The van der Waals surface area contributed by atoms with E-state index in [2.05, 4.69) is 130 Å². The van der Waals surface area contributed by atoms with Gasteiger partial charge in [-0.1, -0.05) is 91.0 Å². The Morgan fingerprint density at radius 2 is 1.39 bits per heavy atom. The van der Waals surface area contributed by atoms with Gasteiger partial charge in [0.25, 0.3) is 0 Å². The van der Waals surface area contributed by atoms with Crippen LogP contribution in [0.2, 0.25) is 0 Å². The molecule has 41 heavy (non-hydrogen) atoms. The van der Waals surface area contributed by atoms with Crippen LogP contribution in [0, 0.1) is 13.8 Å². The van der Waals surface area contributed by atoms with Gasteiger partial charge < -0.3 is 0 Å². The first-order chi connectivity index (χ1) is 20.1. The second kappa shape index (κ2) is 12.5. The summed E-state index contributed by atoms with van der Waals surface area (Å²) in [7, 11) is 0. The van der Waals surface area contributed by atoms with Crippen molar-refractivity contribution in [1.82, 2.24) is 34.9 Å². The van der Waals surface area contributed by atoms with Crippen molar-refractivity contribution in [3.63, 3.8) is 0 Å². The topological polar surface area (TPSA) is 53.3 Å². The summed E-state index contributed by atoms with van der Waals surface area (Å²) in [6, 6.07) is 27.8. The smallest absolute Gasteiger partial charge is 0.177 e. The van der Waals surface area contributed by atoms with Gasteiger partial charge in [-0.05, 0) is 59.4 Å². The molecule has 0 aliphatic carbocycles. The molecular formula is C34H41N7. The highest BCUT2D eigenvalue weighted by Gasteiger charge is 2.46. The van der Waals surface area contributed by atoms with Crippen molar-refractivity contribution in [3.05, 3.63) is 113 Å². The van der Waals surface area contributed by atoms with Gasteiger partial charge in [-0.2, -0.15) is 4.68 Å². The van der Waals surface area contributed by atoms with Crippen LogP contribution >= 0.6 is 0 Å². The minimum Gasteiger partial charge on any atom is -0.299 e. The fraction of sp³-hybridized carbons (Fsp3) is 0.382. The summed E-state index contributed by atoms with van der Waals surface area (Å²) in [6.45, 7) is 12.4. The van der Waals surface area contributed by atoms with E-state index >= 15 is 0 Å². The predicted octanol–water partition coefficient (Wildman–Crippen LogP) is 5.10. The van der Waals surface area contributed by atoms with Gasteiger partial charge in [0.1, 0.15) is 0 Å². The molecule has 212 valence electrons. The van der Waals surface area contributed by atoms with Crippen LogP contribution in [-0.2, 0) is 12.1 Å². The summed E-state index contributed by atoms with van der Waals surface area (Å²) in [5, 5.41) is 13.6. The predicted molar refractivity (Wildman–Crippen MR) is 165 cm³/mol. The second-order valence-corrected chi connectivity index (χ2v) is 11.5. The van der Waals surface area contributed by atoms with Gasteiger partial charge >= 0.3 is 0 Å². The number of aromatic nitrogens is 4. The number of likely N-dealkylation sites (tertiary alicyclic amines) is 1. The van der Waals surface area contributed by atoms with Crippen LogP contribution in [0.4, 0.5) is 0 Å². The summed E-state index contributed by atoms with van der Waals surface area (Å²) >= 11 is 0. The van der Waals surface area contributed by atoms with Crippen molar-refractivity contribution in [2.24, 2.45) is 0 Å². The monoisotopic (exact) mass is 547 g/mol. The third kappa shape index (κ3) is 6.03. The highest BCUT2D eigenvalue weighted by atomic mass is 15.6. The first-order valence-corrected chi connectivity index (χ1v) is 14.9. The maximum atomic E-state index is 4.77. The molecule has 7 nitrogen and oxygen atoms in total. The van der Waals surface area contributed by atoms with Crippen LogP contribution in [0.15, 0.2) is 84.9 Å². The third-order valence-corrected chi connectivity index (χ3v) is 8.92. The third-order valence-electron chi connectivity index (χ3n) is 8.92. The number of piperidine rings is 1. The van der Waals surface area contributed by atoms with Crippen LogP contribution in [-0.4, -0.2) is 80.7 Å². The molecule has 0 atom stereocenters. The average molecular weight is 548 g/mol. The molecule has 1 aromatic heterocycles. The molecule has 6 rings (SSSR count). The van der Waals surface area contributed by atoms with Crippen molar-refractivity contribution >= 4 is 6.08 Å². The summed E-state index contributed by atoms with van der Waals surface area (Å²) in [5.74, 6) is 0.992. The van der Waals surface area contributed by atoms with Crippen LogP contribution < -0.4 is 0 Å². The molecule has 0 unspecified atom stereocenters. The lowest BCUT2D eigenvalue weighted by Crippen LogP contribution is -2.59. The molecule has 0 radical (unpaired) electrons. The molecular weight excluding hydrogens is 506 g/mol. The van der Waals surface area contributed by atoms with E-state index in [0.717, 1.165) is 76.7 Å². The van der Waals surface area contributed by atoms with Gasteiger partial charge in [0.2, 0.25) is 0 Å². The first kappa shape index (κ1) is 27.5. The van der Waals surface area contributed by atoms with Gasteiger partial charge in [-0.25, -0.2) is 0 Å². The van der Waals surface area contributed by atoms with Crippen molar-refractivity contribution in [2.45, 2.75) is 38.8 Å². The van der Waals surface area contributed by atoms with Crippen LogP contribution in [0.1, 0.15) is 40.9 Å². The molecule has 0 amide bonds. The van der Waals surface area contributed by atoms with E-state index in [1.807, 2.05) is 4.68 Å². The maximum Gasteiger partial charge on any atom is 0.177 e. The molecule has 3 heterocycles. The summed E-state index contributed by atoms with van der Waals surface area (Å²) in [6.07, 6.45) is 6.55. The zero-order valence-corrected chi connectivity index (χ0v) is 24.4. The molecule has 0 bridgehead atoms. The molecule has 3 aromatic carbocycles. The fourth-order valence-electron chi connectivity index (χ4n) is 6.63. The van der Waals surface area contributed by atoms with Crippen molar-refractivity contribution in [3.8, 4) is 5.69 Å². The minimum atomic E-state index is -0.197. The second-order valence-electron chi connectivity index (χ2n) is 11.5. The van der Waals surface area contributed by atoms with Gasteiger partial charge in [0.15, 0.2) is 5.82 Å². The lowest BCUT2D eigenvalue weighted by Gasteiger charge is -2.50. The number of nitrogens with zero attached hydrogens (tertiary/aromatic N) is 7. The van der Waals surface area contributed by atoms with E-state index < -0.39 is 0 Å². The van der Waals surface area contributed by atoms with Gasteiger partial charge in [0, 0.05) is 52.4 Å². The van der Waals surface area contributed by atoms with Crippen LogP contribution in [0.25, 0.3) is 11.8 Å². The zero-order valence-electron chi connectivity index (χ0n) is 24.4. The Kier molecular flexibility index (Phi) is 8.37. The number of rotatable bonds is 8. The van der Waals surface area contributed by atoms with Crippen molar-refractivity contribution in [1.29, 1.82) is 0 Å². The summed E-state index contributed by atoms with van der Waals surface area (Å²) in [5.41, 5.74) is 5.94. The molecule has 2 fully saturated rings. The molecule has 2 aliphatic rings. The Morgan fingerprint density at radius 1 is 0.732 bits per heavy atom. The normalized spacial score (nSPS) is 18.7. The SMILES string of the molecule is Cc1cccc(C)c1-n1nnnc1C1(N2CCN(C/C=C/c3ccccc3)CC2)CCN(Cc2ccccc2)CC1. The minimum absolute atomic E-state index is 0.197. The van der Waals surface area contributed by atoms with Gasteiger partial charge in [-0.3, -0.25) is 14.7 Å². The summed E-state index contributed by atoms with van der Waals surface area (Å²) < 4.78 is 2.05. The summed E-state index contributed by atoms with van der Waals surface area (Å²) in [4.78, 5) is 7.84. The highest BCUT2D eigenvalue weighted by Crippen LogP contribution is 2.40. The Labute approximate surface area is 244 Å². The zero-order chi connectivity index (χ0) is 28.1. The Hall–Kier alpha value is -3.65. The van der Waals surface area contributed by atoms with Crippen LogP contribution in [0.3, 0.4) is 0 Å². The number of aryl methyl sites for hydroxylation is 2. The van der Waals surface area contributed by atoms with Crippen molar-refractivity contribution in [2.75, 3.05) is 45.8 Å². The number of hydrogen-bond donors (Lipinski definition) is 0. The molecule has 4 aromatic rings. The Bertz CT molecular complexity index is 1410. The largest absolute Gasteiger partial charge is 0.299 e. The quantitative estimate of drug-likeness (QED) is 0.306. The number of para-hydroxylation sites is 1. The number of tetrazole rings is 1. The lowest BCUT2D eigenvalue weighted by atomic mass is 9.83. The van der Waals surface area contributed by atoms with E-state index in [4.69, 9.17) is 5.10 Å². The lowest BCUT2D eigenvalue weighted by molar-refractivity contribution is -0.0207. The van der Waals surface area contributed by atoms with Crippen molar-refractivity contribution < 1.29 is 0 Å². The van der Waals surface area contributed by atoms with E-state index in [9.17, 15) is 0 Å². The number of hydrogen-bond acceptors (Lipinski definition) is 6. The Balaban J connectivity index is 1.23. The average Bonchev–Trinajstić information content (AvgIpc) is 3.49.